The van der Waals surface area contributed by atoms with E-state index in [2.05, 4.69) is 74.6 Å². The van der Waals surface area contributed by atoms with Crippen LogP contribution in [0.5, 0.6) is 0 Å². The van der Waals surface area contributed by atoms with Crippen molar-refractivity contribution in [3.63, 3.8) is 0 Å². The third-order valence-corrected chi connectivity index (χ3v) is 6.96. The Balaban J connectivity index is 4.28. The first-order chi connectivity index (χ1) is 20.1. The molecule has 0 aliphatic rings. The summed E-state index contributed by atoms with van der Waals surface area (Å²) < 4.78 is 5.91. The van der Waals surface area contributed by atoms with Crippen LogP contribution in [-0.2, 0) is 14.3 Å². The van der Waals surface area contributed by atoms with Crippen LogP contribution in [0.15, 0.2) is 60.8 Å². The number of hydrogen-bond acceptors (Lipinski definition) is 3. The summed E-state index contributed by atoms with van der Waals surface area (Å²) in [7, 11) is 0. The van der Waals surface area contributed by atoms with Crippen molar-refractivity contribution >= 4 is 11.9 Å². The molecule has 0 aromatic rings. The molecule has 0 aromatic heterocycles. The minimum atomic E-state index is -0.715. The Morgan fingerprint density at radius 2 is 1.07 bits per heavy atom. The van der Waals surface area contributed by atoms with Gasteiger partial charge in [0.15, 0.2) is 0 Å². The second kappa shape index (κ2) is 32.2. The maximum Gasteiger partial charge on any atom is 0.306 e. The van der Waals surface area contributed by atoms with Gasteiger partial charge in [-0.1, -0.05) is 120 Å². The van der Waals surface area contributed by atoms with Gasteiger partial charge in [0.2, 0.25) is 0 Å². The summed E-state index contributed by atoms with van der Waals surface area (Å²) in [5.74, 6) is -0.767. The number of carbonyl (C=O) groups is 2. The zero-order chi connectivity index (χ0) is 30.1. The molecule has 0 aromatic carbocycles. The van der Waals surface area contributed by atoms with Crippen LogP contribution in [0.4, 0.5) is 0 Å². The third-order valence-electron chi connectivity index (χ3n) is 6.96. The molecule has 4 heteroatoms. The first-order valence-electron chi connectivity index (χ1n) is 16.8. The van der Waals surface area contributed by atoms with E-state index in [-0.39, 0.29) is 18.5 Å². The Kier molecular flexibility index (Phi) is 30.3. The number of esters is 1. The fraction of sp³-hybridized carbons (Fsp3) is 0.676. The number of carboxylic acids is 1. The lowest BCUT2D eigenvalue weighted by atomic mass is 10.0. The lowest BCUT2D eigenvalue weighted by molar-refractivity contribution is -0.150. The molecule has 0 heterocycles. The Labute approximate surface area is 253 Å². The van der Waals surface area contributed by atoms with Crippen LogP contribution >= 0.6 is 0 Å². The van der Waals surface area contributed by atoms with Crippen molar-refractivity contribution in [3.8, 4) is 0 Å². The summed E-state index contributed by atoms with van der Waals surface area (Å²) in [6.07, 6.45) is 43.7. The number of aliphatic carboxylic acids is 1. The van der Waals surface area contributed by atoms with E-state index in [4.69, 9.17) is 9.84 Å². The molecule has 0 amide bonds. The van der Waals surface area contributed by atoms with Gasteiger partial charge < -0.3 is 9.84 Å². The Morgan fingerprint density at radius 3 is 1.71 bits per heavy atom. The molecule has 0 aliphatic heterocycles. The quantitative estimate of drug-likeness (QED) is 0.0552. The summed E-state index contributed by atoms with van der Waals surface area (Å²) >= 11 is 0. The molecule has 0 saturated heterocycles. The molecule has 0 spiro atoms. The van der Waals surface area contributed by atoms with Gasteiger partial charge in [-0.15, -0.1) is 0 Å². The van der Waals surface area contributed by atoms with Gasteiger partial charge in [-0.05, 0) is 83.5 Å². The minimum absolute atomic E-state index is 0.0245. The molecule has 1 atom stereocenters. The summed E-state index contributed by atoms with van der Waals surface area (Å²) in [6, 6.07) is 0. The van der Waals surface area contributed by atoms with Crippen molar-refractivity contribution in [2.24, 2.45) is 0 Å². The SMILES string of the molecule is CC/C=C\C/C=C\C/C=C\C/C=C\CCC(CCCCCCCC(=O)O)OC(=O)CCCCCCC/C=C\CCC. The molecule has 41 heavy (non-hydrogen) atoms. The average molecular weight is 571 g/mol. The van der Waals surface area contributed by atoms with Crippen molar-refractivity contribution in [3.05, 3.63) is 60.8 Å². The van der Waals surface area contributed by atoms with Crippen LogP contribution in [0.3, 0.4) is 0 Å². The molecular weight excluding hydrogens is 508 g/mol. The smallest absolute Gasteiger partial charge is 0.306 e. The van der Waals surface area contributed by atoms with Crippen LogP contribution in [0.1, 0.15) is 155 Å². The van der Waals surface area contributed by atoms with Gasteiger partial charge in [0.05, 0.1) is 0 Å². The van der Waals surface area contributed by atoms with Gasteiger partial charge in [-0.3, -0.25) is 9.59 Å². The number of carbonyl (C=O) groups excluding carboxylic acids is 1. The average Bonchev–Trinajstić information content (AvgIpc) is 2.95. The normalized spacial score (nSPS) is 13.0. The molecule has 0 radical (unpaired) electrons. The number of carboxylic acid groups (broad SMARTS) is 1. The van der Waals surface area contributed by atoms with Crippen molar-refractivity contribution in [1.82, 2.24) is 0 Å². The standard InChI is InChI=1S/C37H62O4/c1-3-5-7-9-11-13-15-16-17-18-20-23-27-31-35(32-28-24-22-25-29-33-36(38)39)41-37(40)34-30-26-21-19-14-12-10-8-6-4-2/h5,7-8,10-11,13,16-17,20,23,35H,3-4,6,9,12,14-15,18-19,21-22,24-34H2,1-2H3,(H,38,39)/b7-5-,10-8-,13-11-,17-16-,23-20-. The molecule has 4 nitrogen and oxygen atoms in total. The number of hydrogen-bond donors (Lipinski definition) is 1. The molecule has 0 rings (SSSR count). The van der Waals surface area contributed by atoms with Crippen LogP contribution in [0.2, 0.25) is 0 Å². The summed E-state index contributed by atoms with van der Waals surface area (Å²) in [4.78, 5) is 23.2. The highest BCUT2D eigenvalue weighted by atomic mass is 16.5. The van der Waals surface area contributed by atoms with E-state index in [1.807, 2.05) is 0 Å². The highest BCUT2D eigenvalue weighted by Gasteiger charge is 2.13. The molecule has 1 unspecified atom stereocenters. The van der Waals surface area contributed by atoms with Gasteiger partial charge in [0.1, 0.15) is 6.10 Å². The van der Waals surface area contributed by atoms with Gasteiger partial charge in [-0.2, -0.15) is 0 Å². The molecule has 1 N–H and O–H groups in total. The van der Waals surface area contributed by atoms with E-state index >= 15 is 0 Å². The number of ether oxygens (including phenoxy) is 1. The van der Waals surface area contributed by atoms with Crippen molar-refractivity contribution in [2.75, 3.05) is 0 Å². The maximum atomic E-state index is 12.5. The second-order valence-electron chi connectivity index (χ2n) is 11.0. The molecular formula is C37H62O4. The zero-order valence-corrected chi connectivity index (χ0v) is 26.6. The second-order valence-corrected chi connectivity index (χ2v) is 11.0. The van der Waals surface area contributed by atoms with Gasteiger partial charge in [0.25, 0.3) is 0 Å². The predicted molar refractivity (Wildman–Crippen MR) is 176 cm³/mol. The number of unbranched alkanes of at least 4 members (excludes halogenated alkanes) is 10. The van der Waals surface area contributed by atoms with Crippen LogP contribution in [0.25, 0.3) is 0 Å². The fourth-order valence-electron chi connectivity index (χ4n) is 4.53. The number of rotatable bonds is 29. The summed E-state index contributed by atoms with van der Waals surface area (Å²) in [6.45, 7) is 4.36. The van der Waals surface area contributed by atoms with Gasteiger partial charge in [-0.25, -0.2) is 0 Å². The topological polar surface area (TPSA) is 63.6 Å². The van der Waals surface area contributed by atoms with Crippen molar-refractivity contribution < 1.29 is 19.4 Å². The van der Waals surface area contributed by atoms with Crippen LogP contribution < -0.4 is 0 Å². The molecule has 0 aliphatic carbocycles. The first-order valence-corrected chi connectivity index (χ1v) is 16.8. The van der Waals surface area contributed by atoms with E-state index in [9.17, 15) is 9.59 Å². The van der Waals surface area contributed by atoms with E-state index in [1.54, 1.807) is 0 Å². The largest absolute Gasteiger partial charge is 0.481 e. The number of allylic oxidation sites excluding steroid dienone is 10. The molecule has 0 bridgehead atoms. The Morgan fingerprint density at radius 1 is 0.561 bits per heavy atom. The molecule has 0 fully saturated rings. The Hall–Kier alpha value is -2.36. The Bertz CT molecular complexity index is 744. The molecule has 234 valence electrons. The van der Waals surface area contributed by atoms with Gasteiger partial charge in [0, 0.05) is 12.8 Å². The van der Waals surface area contributed by atoms with E-state index in [0.717, 1.165) is 89.9 Å². The minimum Gasteiger partial charge on any atom is -0.481 e. The van der Waals surface area contributed by atoms with E-state index in [0.29, 0.717) is 6.42 Å². The van der Waals surface area contributed by atoms with E-state index in [1.165, 1.54) is 38.5 Å². The zero-order valence-electron chi connectivity index (χ0n) is 26.6. The van der Waals surface area contributed by atoms with Crippen LogP contribution in [0, 0.1) is 0 Å². The van der Waals surface area contributed by atoms with Crippen LogP contribution in [-0.4, -0.2) is 23.1 Å². The molecule has 0 saturated carbocycles. The highest BCUT2D eigenvalue weighted by Crippen LogP contribution is 2.17. The van der Waals surface area contributed by atoms with E-state index < -0.39 is 5.97 Å². The third kappa shape index (κ3) is 32.0. The van der Waals surface area contributed by atoms with Gasteiger partial charge >= 0.3 is 11.9 Å². The highest BCUT2D eigenvalue weighted by molar-refractivity contribution is 5.69. The lowest BCUT2D eigenvalue weighted by Crippen LogP contribution is -2.18. The summed E-state index contributed by atoms with van der Waals surface area (Å²) in [5, 5.41) is 8.78. The lowest BCUT2D eigenvalue weighted by Gasteiger charge is -2.17. The van der Waals surface area contributed by atoms with Crippen molar-refractivity contribution in [2.45, 2.75) is 161 Å². The first kappa shape index (κ1) is 38.6. The monoisotopic (exact) mass is 570 g/mol. The predicted octanol–water partition coefficient (Wildman–Crippen LogP) is 11.4. The van der Waals surface area contributed by atoms with Crippen molar-refractivity contribution in [1.29, 1.82) is 0 Å². The summed E-state index contributed by atoms with van der Waals surface area (Å²) in [5.41, 5.74) is 0. The maximum absolute atomic E-state index is 12.5. The fourth-order valence-corrected chi connectivity index (χ4v) is 4.53.